The molecule has 3 aliphatic carbocycles. The van der Waals surface area contributed by atoms with Crippen LogP contribution in [0.25, 0.3) is 16.6 Å². The summed E-state index contributed by atoms with van der Waals surface area (Å²) in [4.78, 5) is 35.2. The molecule has 4 N–H and O–H groups in total. The summed E-state index contributed by atoms with van der Waals surface area (Å²) < 4.78 is 35.9. The van der Waals surface area contributed by atoms with Gasteiger partial charge < -0.3 is 20.1 Å². The van der Waals surface area contributed by atoms with Gasteiger partial charge in [0, 0.05) is 36.3 Å². The summed E-state index contributed by atoms with van der Waals surface area (Å²) in [7, 11) is -4.56. The van der Waals surface area contributed by atoms with Crippen molar-refractivity contribution < 1.29 is 28.0 Å². The zero-order chi connectivity index (χ0) is 42.3. The van der Waals surface area contributed by atoms with Gasteiger partial charge in [-0.3, -0.25) is 19.8 Å². The number of nitro groups is 1. The Morgan fingerprint density at radius 2 is 1.82 bits per heavy atom. The lowest BCUT2D eigenvalue weighted by Crippen LogP contribution is -2.36. The van der Waals surface area contributed by atoms with Crippen molar-refractivity contribution in [3.8, 4) is 11.5 Å². The highest BCUT2D eigenvalue weighted by atomic mass is 32.2. The third-order valence-electron chi connectivity index (χ3n) is 13.2. The number of anilines is 1. The van der Waals surface area contributed by atoms with Crippen LogP contribution in [0.2, 0.25) is 0 Å². The van der Waals surface area contributed by atoms with E-state index in [9.17, 15) is 28.4 Å². The summed E-state index contributed by atoms with van der Waals surface area (Å²) in [5.74, 6) is 0.477. The molecule has 13 nitrogen and oxygen atoms in total. The number of pyridine rings is 1. The van der Waals surface area contributed by atoms with Gasteiger partial charge in [0.05, 0.1) is 27.2 Å². The van der Waals surface area contributed by atoms with E-state index in [0.29, 0.717) is 48.8 Å². The van der Waals surface area contributed by atoms with Crippen LogP contribution < -0.4 is 14.8 Å². The molecule has 5 aromatic rings. The number of allylic oxidation sites excluding steroid dienone is 1. The van der Waals surface area contributed by atoms with E-state index in [2.05, 4.69) is 55.2 Å². The molecule has 1 unspecified atom stereocenters. The number of fused-ring (bicyclic) bond motifs is 1. The largest absolute Gasteiger partial charge is 0.455 e. The van der Waals surface area contributed by atoms with Gasteiger partial charge in [-0.15, -0.1) is 0 Å². The maximum absolute atomic E-state index is 13.9. The van der Waals surface area contributed by atoms with Crippen molar-refractivity contribution in [2.45, 2.75) is 106 Å². The lowest BCUT2D eigenvalue weighted by atomic mass is 9.80. The van der Waals surface area contributed by atoms with E-state index < -0.39 is 37.0 Å². The topological polar surface area (TPSA) is 180 Å². The number of carbonyl (C=O) groups excluding carboxylic acids is 1. The molecule has 3 heterocycles. The number of likely N-dealkylation sites (tertiary alicyclic amines) is 1. The molecule has 318 valence electrons. The zero-order valence-corrected chi connectivity index (χ0v) is 35.1. The summed E-state index contributed by atoms with van der Waals surface area (Å²) in [6.07, 6.45) is 16.0. The van der Waals surface area contributed by atoms with E-state index in [4.69, 9.17) is 4.74 Å². The Kier molecular flexibility index (Phi) is 11.2. The van der Waals surface area contributed by atoms with Crippen molar-refractivity contribution in [2.75, 3.05) is 18.4 Å². The monoisotopic (exact) mass is 844 g/mol. The molecule has 4 aliphatic rings. The predicted octanol–water partition coefficient (Wildman–Crippen LogP) is 9.39. The number of nitrogens with one attached hydrogen (secondary N) is 3. The average Bonchev–Trinajstić information content (AvgIpc) is 3.79. The maximum atomic E-state index is 13.9. The Balaban J connectivity index is 0.942. The molecule has 3 fully saturated rings. The van der Waals surface area contributed by atoms with Crippen molar-refractivity contribution in [2.24, 2.45) is 5.92 Å². The summed E-state index contributed by atoms with van der Waals surface area (Å²) in [5, 5.41) is 26.3. The number of H-pyrrole nitrogens is 1. The standard InChI is InChI=1S/C47H52N6O7S/c1-47(55)21-18-30(19-22-47)28-49-41-17-15-37(27-43(41)53(56)57)61(58,59)51-46(54)40-16-12-33(26-44(40)60-36-25-34-20-23-48-45(34)50-29-36)31-10-13-35(14-11-31)52-24-4-7-42(52)39-6-3-2-5-38(39)32-8-9-32/h2-3,5-6,10,12,15-17,20,23,25-27,29-30,32,35,42,49,55H,4,7-9,11,13-14,18-19,21-22,24,28H2,1H3,(H,48,50)(H,51,54)/t30?,35?,42-,47?/m0/s1. The van der Waals surface area contributed by atoms with E-state index in [1.54, 1.807) is 24.4 Å². The van der Waals surface area contributed by atoms with Crippen LogP contribution in [0, 0.1) is 16.0 Å². The Hall–Kier alpha value is -5.57. The average molecular weight is 845 g/mol. The van der Waals surface area contributed by atoms with Crippen LogP contribution in [0.4, 0.5) is 11.4 Å². The number of ether oxygens (including phenoxy) is 1. The summed E-state index contributed by atoms with van der Waals surface area (Å²) in [6.45, 7) is 3.34. The number of hydrogen-bond acceptors (Lipinski definition) is 10. The fourth-order valence-electron chi connectivity index (χ4n) is 9.59. The number of benzene rings is 3. The molecule has 2 aromatic heterocycles. The highest BCUT2D eigenvalue weighted by Crippen LogP contribution is 2.47. The van der Waals surface area contributed by atoms with Crippen molar-refractivity contribution in [1.29, 1.82) is 0 Å². The Bertz CT molecular complexity index is 2610. The number of nitrogens with zero attached hydrogens (tertiary/aromatic N) is 3. The van der Waals surface area contributed by atoms with Crippen molar-refractivity contribution in [3.05, 3.63) is 124 Å². The highest BCUT2D eigenvalue weighted by molar-refractivity contribution is 7.90. The molecular weight excluding hydrogens is 793 g/mol. The molecule has 1 aliphatic heterocycles. The van der Waals surface area contributed by atoms with Gasteiger partial charge in [-0.05, 0) is 155 Å². The highest BCUT2D eigenvalue weighted by Gasteiger charge is 2.36. The van der Waals surface area contributed by atoms with E-state index >= 15 is 0 Å². The van der Waals surface area contributed by atoms with Gasteiger partial charge in [0.25, 0.3) is 21.6 Å². The predicted molar refractivity (Wildman–Crippen MR) is 234 cm³/mol. The maximum Gasteiger partial charge on any atom is 0.293 e. The zero-order valence-electron chi connectivity index (χ0n) is 34.3. The van der Waals surface area contributed by atoms with Crippen LogP contribution in [0.5, 0.6) is 11.5 Å². The fourth-order valence-corrected chi connectivity index (χ4v) is 10.6. The summed E-state index contributed by atoms with van der Waals surface area (Å²) >= 11 is 0. The van der Waals surface area contributed by atoms with Crippen LogP contribution in [0.15, 0.2) is 96.2 Å². The molecule has 0 radical (unpaired) electrons. The van der Waals surface area contributed by atoms with Crippen LogP contribution in [0.1, 0.15) is 117 Å². The first-order valence-electron chi connectivity index (χ1n) is 21.5. The number of hydrogen-bond donors (Lipinski definition) is 4. The molecule has 3 aromatic carbocycles. The van der Waals surface area contributed by atoms with E-state index in [1.165, 1.54) is 55.1 Å². The van der Waals surface area contributed by atoms with Gasteiger partial charge in [0.1, 0.15) is 22.8 Å². The van der Waals surface area contributed by atoms with Gasteiger partial charge >= 0.3 is 0 Å². The number of aromatic amines is 1. The molecule has 9 rings (SSSR count). The molecule has 14 heteroatoms. The number of aromatic nitrogens is 2. The third kappa shape index (κ3) is 8.93. The first-order valence-corrected chi connectivity index (χ1v) is 23.0. The second kappa shape index (κ2) is 16.7. The Morgan fingerprint density at radius 1 is 1.02 bits per heavy atom. The number of sulfonamides is 1. The quantitative estimate of drug-likeness (QED) is 0.0659. The first kappa shape index (κ1) is 40.8. The fraction of sp³-hybridized carbons (Fsp3) is 0.404. The summed E-state index contributed by atoms with van der Waals surface area (Å²) in [6, 6.07) is 22.2. The Labute approximate surface area is 355 Å². The van der Waals surface area contributed by atoms with Crippen molar-refractivity contribution >= 4 is 43.9 Å². The molecule has 0 spiro atoms. The third-order valence-corrected chi connectivity index (χ3v) is 14.5. The van der Waals surface area contributed by atoms with Gasteiger partial charge in [0.15, 0.2) is 0 Å². The number of aliphatic hydroxyl groups is 1. The second-order valence-corrected chi connectivity index (χ2v) is 19.2. The molecule has 61 heavy (non-hydrogen) atoms. The number of rotatable bonds is 13. The van der Waals surface area contributed by atoms with Gasteiger partial charge in [0.2, 0.25) is 0 Å². The Morgan fingerprint density at radius 3 is 2.57 bits per heavy atom. The van der Waals surface area contributed by atoms with Gasteiger partial charge in [-0.1, -0.05) is 36.4 Å². The number of carbonyl (C=O) groups is 1. The smallest absolute Gasteiger partial charge is 0.293 e. The molecule has 1 saturated heterocycles. The molecule has 2 saturated carbocycles. The minimum absolute atomic E-state index is 0.0238. The van der Waals surface area contributed by atoms with Gasteiger partial charge in [-0.25, -0.2) is 18.1 Å². The molecule has 0 bridgehead atoms. The van der Waals surface area contributed by atoms with E-state index in [1.807, 2.05) is 19.1 Å². The first-order chi connectivity index (χ1) is 29.4. The van der Waals surface area contributed by atoms with Crippen LogP contribution in [-0.4, -0.2) is 64.0 Å². The lowest BCUT2D eigenvalue weighted by Gasteiger charge is -2.36. The van der Waals surface area contributed by atoms with Crippen molar-refractivity contribution in [1.82, 2.24) is 19.6 Å². The normalized spacial score (nSPS) is 23.4. The minimum Gasteiger partial charge on any atom is -0.455 e. The SMILES string of the molecule is CC1(O)CCC(CNc2ccc(S(=O)(=O)NC(=O)c3ccc(C4=CCC(N5CCC[C@H]5c5ccccc5C5CC5)CC4)cc3Oc3cnc4[nH]ccc4c3)cc2[N+](=O)[O-])CC1. The van der Waals surface area contributed by atoms with Crippen LogP contribution >= 0.6 is 0 Å². The minimum atomic E-state index is -4.56. The van der Waals surface area contributed by atoms with E-state index in [-0.39, 0.29) is 22.9 Å². The van der Waals surface area contributed by atoms with Crippen LogP contribution in [-0.2, 0) is 10.0 Å². The van der Waals surface area contributed by atoms with Crippen molar-refractivity contribution in [3.63, 3.8) is 0 Å². The summed E-state index contributed by atoms with van der Waals surface area (Å²) in [5.41, 5.74) is 4.71. The second-order valence-electron chi connectivity index (χ2n) is 17.5. The van der Waals surface area contributed by atoms with E-state index in [0.717, 1.165) is 61.2 Å². The lowest BCUT2D eigenvalue weighted by molar-refractivity contribution is -0.384. The van der Waals surface area contributed by atoms with Gasteiger partial charge in [-0.2, -0.15) is 0 Å². The van der Waals surface area contributed by atoms with Crippen LogP contribution in [0.3, 0.4) is 0 Å². The molecule has 1 amide bonds. The number of amides is 1. The molecular formula is C47H52N6O7S. The number of nitro benzene ring substituents is 1. The molecule has 2 atom stereocenters.